The molecule has 33 heavy (non-hydrogen) atoms. The minimum atomic E-state index is -0.228. The Labute approximate surface area is 198 Å². The summed E-state index contributed by atoms with van der Waals surface area (Å²) in [5.74, 6) is 0.479. The average Bonchev–Trinajstić information content (AvgIpc) is 3.06. The SMILES string of the molecule is Cc1c(NC(=O)CCSC(c2ccccc2)c2ccccc2)c(=O)n(-c2ccccc2)n1C. The van der Waals surface area contributed by atoms with Gasteiger partial charge in [-0.2, -0.15) is 0 Å². The zero-order valence-corrected chi connectivity index (χ0v) is 19.6. The summed E-state index contributed by atoms with van der Waals surface area (Å²) in [5, 5.41) is 3.00. The van der Waals surface area contributed by atoms with E-state index in [4.69, 9.17) is 0 Å². The molecule has 0 radical (unpaired) electrons. The lowest BCUT2D eigenvalue weighted by atomic mass is 10.0. The van der Waals surface area contributed by atoms with Gasteiger partial charge in [0.1, 0.15) is 5.69 Å². The second-order valence-corrected chi connectivity index (χ2v) is 9.02. The summed E-state index contributed by atoms with van der Waals surface area (Å²) in [6, 6.07) is 30.0. The molecule has 3 aromatic carbocycles. The van der Waals surface area contributed by atoms with Crippen molar-refractivity contribution in [2.75, 3.05) is 11.1 Å². The first-order valence-electron chi connectivity index (χ1n) is 10.9. The van der Waals surface area contributed by atoms with Crippen LogP contribution in [0.4, 0.5) is 5.69 Å². The molecule has 0 saturated heterocycles. The van der Waals surface area contributed by atoms with E-state index < -0.39 is 0 Å². The van der Waals surface area contributed by atoms with E-state index in [9.17, 15) is 9.59 Å². The van der Waals surface area contributed by atoms with Crippen LogP contribution in [0.2, 0.25) is 0 Å². The molecule has 0 saturated carbocycles. The summed E-state index contributed by atoms with van der Waals surface area (Å²) in [6.07, 6.45) is 0.319. The van der Waals surface area contributed by atoms with Crippen LogP contribution in [0, 0.1) is 6.92 Å². The lowest BCUT2D eigenvalue weighted by molar-refractivity contribution is -0.115. The maximum absolute atomic E-state index is 13.0. The summed E-state index contributed by atoms with van der Waals surface area (Å²) in [5.41, 5.74) is 4.00. The number of carbonyl (C=O) groups excluding carboxylic acids is 1. The largest absolute Gasteiger partial charge is 0.320 e. The molecule has 0 spiro atoms. The average molecular weight is 458 g/mol. The summed E-state index contributed by atoms with van der Waals surface area (Å²) in [6.45, 7) is 1.84. The van der Waals surface area contributed by atoms with Gasteiger partial charge in [-0.25, -0.2) is 4.68 Å². The van der Waals surface area contributed by atoms with Gasteiger partial charge >= 0.3 is 0 Å². The predicted octanol–water partition coefficient (Wildman–Crippen LogP) is 5.34. The van der Waals surface area contributed by atoms with Crippen molar-refractivity contribution in [1.29, 1.82) is 0 Å². The van der Waals surface area contributed by atoms with Gasteiger partial charge in [-0.3, -0.25) is 14.3 Å². The molecule has 0 bridgehead atoms. The predicted molar refractivity (Wildman–Crippen MR) is 136 cm³/mol. The summed E-state index contributed by atoms with van der Waals surface area (Å²) in [4.78, 5) is 25.8. The molecule has 0 atom stereocenters. The smallest absolute Gasteiger partial charge is 0.295 e. The van der Waals surface area contributed by atoms with E-state index in [-0.39, 0.29) is 16.7 Å². The Hall–Kier alpha value is -3.51. The number of benzene rings is 3. The third-order valence-corrected chi connectivity index (χ3v) is 6.95. The zero-order chi connectivity index (χ0) is 23.2. The lowest BCUT2D eigenvalue weighted by Gasteiger charge is -2.17. The van der Waals surface area contributed by atoms with Crippen LogP contribution in [0.5, 0.6) is 0 Å². The van der Waals surface area contributed by atoms with E-state index in [0.717, 1.165) is 11.4 Å². The van der Waals surface area contributed by atoms with E-state index >= 15 is 0 Å². The highest BCUT2D eigenvalue weighted by Crippen LogP contribution is 2.35. The van der Waals surface area contributed by atoms with E-state index in [2.05, 4.69) is 29.6 Å². The molecule has 4 rings (SSSR count). The molecule has 168 valence electrons. The highest BCUT2D eigenvalue weighted by atomic mass is 32.2. The maximum atomic E-state index is 13.0. The van der Waals surface area contributed by atoms with Gasteiger partial charge in [-0.05, 0) is 30.2 Å². The van der Waals surface area contributed by atoms with Crippen molar-refractivity contribution >= 4 is 23.4 Å². The van der Waals surface area contributed by atoms with Crippen LogP contribution in [0.15, 0.2) is 95.8 Å². The van der Waals surface area contributed by atoms with Crippen molar-refractivity contribution in [3.63, 3.8) is 0 Å². The molecule has 1 heterocycles. The van der Waals surface area contributed by atoms with Crippen LogP contribution in [0.1, 0.15) is 28.5 Å². The zero-order valence-electron chi connectivity index (χ0n) is 18.8. The molecule has 4 aromatic rings. The molecular formula is C27H27N3O2S. The number of amides is 1. The first kappa shape index (κ1) is 22.7. The molecule has 6 heteroatoms. The molecule has 5 nitrogen and oxygen atoms in total. The molecule has 0 aliphatic heterocycles. The molecule has 1 N–H and O–H groups in total. The minimum Gasteiger partial charge on any atom is -0.320 e. The maximum Gasteiger partial charge on any atom is 0.295 e. The second-order valence-electron chi connectivity index (χ2n) is 7.81. The van der Waals surface area contributed by atoms with E-state index in [1.54, 1.807) is 21.1 Å². The molecular weight excluding hydrogens is 430 g/mol. The first-order chi connectivity index (χ1) is 16.1. The molecule has 0 fully saturated rings. The van der Waals surface area contributed by atoms with Gasteiger partial charge in [0.2, 0.25) is 5.91 Å². The van der Waals surface area contributed by atoms with Crippen LogP contribution in [-0.4, -0.2) is 21.0 Å². The van der Waals surface area contributed by atoms with Crippen molar-refractivity contribution < 1.29 is 4.79 Å². The second kappa shape index (κ2) is 10.4. The highest BCUT2D eigenvalue weighted by Gasteiger charge is 2.19. The molecule has 0 unspecified atom stereocenters. The fraction of sp³-hybridized carbons (Fsp3) is 0.185. The Morgan fingerprint density at radius 1 is 0.879 bits per heavy atom. The lowest BCUT2D eigenvalue weighted by Crippen LogP contribution is -2.23. The minimum absolute atomic E-state index is 0.147. The van der Waals surface area contributed by atoms with Gasteiger partial charge in [0, 0.05) is 19.2 Å². The van der Waals surface area contributed by atoms with Crippen LogP contribution in [-0.2, 0) is 11.8 Å². The van der Waals surface area contributed by atoms with E-state index in [0.29, 0.717) is 17.9 Å². The fourth-order valence-electron chi connectivity index (χ4n) is 3.82. The van der Waals surface area contributed by atoms with E-state index in [1.165, 1.54) is 11.1 Å². The van der Waals surface area contributed by atoms with Crippen molar-refractivity contribution in [2.24, 2.45) is 7.05 Å². The topological polar surface area (TPSA) is 56.0 Å². The Bertz CT molecular complexity index is 1230. The number of nitrogens with one attached hydrogen (secondary N) is 1. The number of carbonyl (C=O) groups is 1. The first-order valence-corrected chi connectivity index (χ1v) is 12.0. The summed E-state index contributed by atoms with van der Waals surface area (Å²) >= 11 is 1.73. The van der Waals surface area contributed by atoms with Gasteiger partial charge in [-0.1, -0.05) is 78.9 Å². The number of anilines is 1. The number of hydrogen-bond donors (Lipinski definition) is 1. The number of thioether (sulfide) groups is 1. The third kappa shape index (κ3) is 5.12. The Kier molecular flexibility index (Phi) is 7.15. The number of aromatic nitrogens is 2. The highest BCUT2D eigenvalue weighted by molar-refractivity contribution is 7.99. The monoisotopic (exact) mass is 457 g/mol. The number of nitrogens with zero attached hydrogens (tertiary/aromatic N) is 2. The van der Waals surface area contributed by atoms with Crippen molar-refractivity contribution in [2.45, 2.75) is 18.6 Å². The Morgan fingerprint density at radius 3 is 1.94 bits per heavy atom. The normalized spacial score (nSPS) is 11.0. The molecule has 1 amide bonds. The number of hydrogen-bond acceptors (Lipinski definition) is 3. The van der Waals surface area contributed by atoms with Crippen LogP contribution in [0.25, 0.3) is 5.69 Å². The van der Waals surface area contributed by atoms with Crippen molar-refractivity contribution in [3.8, 4) is 5.69 Å². The Balaban J connectivity index is 1.45. The quantitative estimate of drug-likeness (QED) is 0.389. The number of rotatable bonds is 8. The third-order valence-electron chi connectivity index (χ3n) is 5.64. The van der Waals surface area contributed by atoms with Gasteiger partial charge in [0.25, 0.3) is 5.56 Å². The van der Waals surface area contributed by atoms with Crippen molar-refractivity contribution in [3.05, 3.63) is 118 Å². The van der Waals surface area contributed by atoms with Crippen LogP contribution >= 0.6 is 11.8 Å². The van der Waals surface area contributed by atoms with Gasteiger partial charge < -0.3 is 5.32 Å². The van der Waals surface area contributed by atoms with Crippen LogP contribution < -0.4 is 10.9 Å². The fourth-order valence-corrected chi connectivity index (χ4v) is 5.06. The van der Waals surface area contributed by atoms with E-state index in [1.807, 2.05) is 80.7 Å². The van der Waals surface area contributed by atoms with Crippen LogP contribution in [0.3, 0.4) is 0 Å². The van der Waals surface area contributed by atoms with Gasteiger partial charge in [-0.15, -0.1) is 11.8 Å². The molecule has 1 aromatic heterocycles. The number of para-hydroxylation sites is 1. The standard InChI is InChI=1S/C27H27N3O2S/c1-20-25(27(32)30(29(20)2)23-16-10-5-11-17-23)28-24(31)18-19-33-26(21-12-6-3-7-13-21)22-14-8-4-9-15-22/h3-17,26H,18-19H2,1-2H3,(H,28,31). The summed E-state index contributed by atoms with van der Waals surface area (Å²) in [7, 11) is 1.82. The molecule has 0 aliphatic rings. The Morgan fingerprint density at radius 2 is 1.39 bits per heavy atom. The van der Waals surface area contributed by atoms with Gasteiger partial charge in [0.15, 0.2) is 0 Å². The van der Waals surface area contributed by atoms with Gasteiger partial charge in [0.05, 0.1) is 16.6 Å². The van der Waals surface area contributed by atoms with Crippen molar-refractivity contribution in [1.82, 2.24) is 9.36 Å². The summed E-state index contributed by atoms with van der Waals surface area (Å²) < 4.78 is 3.34. The molecule has 0 aliphatic carbocycles.